The minimum atomic E-state index is -0.200. The second-order valence-electron chi connectivity index (χ2n) is 8.17. The maximum absolute atomic E-state index is 13.2. The van der Waals surface area contributed by atoms with Crippen molar-refractivity contribution < 1.29 is 9.53 Å². The van der Waals surface area contributed by atoms with E-state index in [0.29, 0.717) is 13.2 Å². The summed E-state index contributed by atoms with van der Waals surface area (Å²) in [6.45, 7) is 1.18. The lowest BCUT2D eigenvalue weighted by Gasteiger charge is -2.27. The van der Waals surface area contributed by atoms with Crippen LogP contribution in [-0.4, -0.2) is 17.4 Å². The number of benzene rings is 4. The number of anilines is 1. The molecule has 4 aromatic carbocycles. The molecular weight excluding hydrogens is 408 g/mol. The zero-order valence-electron chi connectivity index (χ0n) is 18.4. The highest BCUT2D eigenvalue weighted by atomic mass is 16.5. The fourth-order valence-electron chi connectivity index (χ4n) is 4.20. The number of hydrogen-bond acceptors (Lipinski definition) is 3. The zero-order valence-corrected chi connectivity index (χ0v) is 18.4. The van der Waals surface area contributed by atoms with Crippen LogP contribution in [0.5, 0.6) is 5.75 Å². The van der Waals surface area contributed by atoms with Gasteiger partial charge < -0.3 is 15.0 Å². The van der Waals surface area contributed by atoms with Crippen LogP contribution >= 0.6 is 0 Å². The fourth-order valence-corrected chi connectivity index (χ4v) is 4.20. The number of hydrogen-bond donors (Lipinski definition) is 1. The van der Waals surface area contributed by atoms with Gasteiger partial charge in [-0.25, -0.2) is 0 Å². The maximum Gasteiger partial charge on any atom is 0.256 e. The first-order valence-corrected chi connectivity index (χ1v) is 11.2. The first-order valence-electron chi connectivity index (χ1n) is 11.2. The number of carbonyl (C=O) groups is 1. The average molecular weight is 435 g/mol. The Balaban J connectivity index is 1.29. The number of rotatable bonds is 8. The van der Waals surface area contributed by atoms with E-state index in [4.69, 9.17) is 4.74 Å². The number of nitrogens with zero attached hydrogens (tertiary/aromatic N) is 1. The van der Waals surface area contributed by atoms with Gasteiger partial charge in [-0.3, -0.25) is 4.79 Å². The number of carbonyl (C=O) groups excluding carboxylic acids is 1. The topological polar surface area (TPSA) is 41.6 Å². The van der Waals surface area contributed by atoms with Crippen molar-refractivity contribution >= 4 is 11.6 Å². The average Bonchev–Trinajstić information content (AvgIpc) is 3.14. The third kappa shape index (κ3) is 4.75. The summed E-state index contributed by atoms with van der Waals surface area (Å²) in [5.74, 6) is 0.884. The molecule has 0 saturated carbocycles. The highest BCUT2D eigenvalue weighted by Crippen LogP contribution is 2.34. The largest absolute Gasteiger partial charge is 0.489 e. The van der Waals surface area contributed by atoms with Crippen LogP contribution in [0.3, 0.4) is 0 Å². The number of ether oxygens (including phenoxy) is 1. The van der Waals surface area contributed by atoms with Crippen LogP contribution in [0.15, 0.2) is 109 Å². The summed E-state index contributed by atoms with van der Waals surface area (Å²) < 4.78 is 5.91. The van der Waals surface area contributed by atoms with Crippen LogP contribution in [0.25, 0.3) is 0 Å². The van der Waals surface area contributed by atoms with Crippen molar-refractivity contribution in [3.63, 3.8) is 0 Å². The van der Waals surface area contributed by atoms with Gasteiger partial charge in [0.15, 0.2) is 0 Å². The lowest BCUT2D eigenvalue weighted by Crippen LogP contribution is -2.34. The molecule has 0 aliphatic carbocycles. The monoisotopic (exact) mass is 434 g/mol. The molecule has 0 saturated heterocycles. The van der Waals surface area contributed by atoms with Crippen molar-refractivity contribution in [1.82, 2.24) is 4.90 Å². The summed E-state index contributed by atoms with van der Waals surface area (Å²) in [6.07, 6.45) is 0.610. The van der Waals surface area contributed by atoms with Gasteiger partial charge >= 0.3 is 0 Å². The third-order valence-electron chi connectivity index (χ3n) is 5.95. The summed E-state index contributed by atoms with van der Waals surface area (Å²) >= 11 is 0. The first kappa shape index (κ1) is 20.8. The summed E-state index contributed by atoms with van der Waals surface area (Å²) in [5.41, 5.74) is 5.09. The molecule has 1 unspecified atom stereocenters. The van der Waals surface area contributed by atoms with Gasteiger partial charge in [-0.05, 0) is 47.9 Å². The van der Waals surface area contributed by atoms with E-state index >= 15 is 0 Å². The van der Waals surface area contributed by atoms with Crippen LogP contribution < -0.4 is 10.1 Å². The normalized spacial score (nSPS) is 14.7. The summed E-state index contributed by atoms with van der Waals surface area (Å²) in [4.78, 5) is 15.1. The maximum atomic E-state index is 13.2. The number of fused-ring (bicyclic) bond motifs is 1. The zero-order chi connectivity index (χ0) is 22.5. The molecule has 1 amide bonds. The van der Waals surface area contributed by atoms with Crippen LogP contribution in [0.1, 0.15) is 33.2 Å². The molecule has 0 aromatic heterocycles. The molecule has 0 radical (unpaired) electrons. The predicted octanol–water partition coefficient (Wildman–Crippen LogP) is 6.07. The fraction of sp³-hybridized carbons (Fsp3) is 0.138. The van der Waals surface area contributed by atoms with Crippen molar-refractivity contribution in [2.45, 2.75) is 19.2 Å². The molecule has 1 atom stereocenters. The molecule has 1 aliphatic heterocycles. The van der Waals surface area contributed by atoms with Crippen LogP contribution in [0.2, 0.25) is 0 Å². The van der Waals surface area contributed by atoms with Gasteiger partial charge in [0.05, 0.1) is 0 Å². The van der Waals surface area contributed by atoms with E-state index in [1.54, 1.807) is 0 Å². The molecule has 33 heavy (non-hydrogen) atoms. The van der Waals surface area contributed by atoms with Gasteiger partial charge in [0.25, 0.3) is 5.91 Å². The van der Waals surface area contributed by atoms with Crippen molar-refractivity contribution in [2.24, 2.45) is 0 Å². The highest BCUT2D eigenvalue weighted by Gasteiger charge is 2.36. The molecule has 1 heterocycles. The van der Waals surface area contributed by atoms with Crippen LogP contribution in [0.4, 0.5) is 5.69 Å². The van der Waals surface area contributed by atoms with Gasteiger partial charge in [0.2, 0.25) is 0 Å². The molecule has 4 heteroatoms. The van der Waals surface area contributed by atoms with E-state index in [9.17, 15) is 4.79 Å². The molecule has 1 N–H and O–H groups in total. The molecule has 5 rings (SSSR count). The summed E-state index contributed by atoms with van der Waals surface area (Å²) in [7, 11) is 0. The molecule has 0 fully saturated rings. The smallest absolute Gasteiger partial charge is 0.256 e. The van der Waals surface area contributed by atoms with Gasteiger partial charge in [-0.2, -0.15) is 0 Å². The van der Waals surface area contributed by atoms with Gasteiger partial charge in [0, 0.05) is 23.4 Å². The van der Waals surface area contributed by atoms with E-state index < -0.39 is 0 Å². The van der Waals surface area contributed by atoms with Gasteiger partial charge in [-0.15, -0.1) is 0 Å². The molecule has 0 bridgehead atoms. The van der Waals surface area contributed by atoms with Gasteiger partial charge in [-0.1, -0.05) is 78.9 Å². The lowest BCUT2D eigenvalue weighted by molar-refractivity contribution is 0.0745. The minimum Gasteiger partial charge on any atom is -0.489 e. The lowest BCUT2D eigenvalue weighted by atomic mass is 10.1. The van der Waals surface area contributed by atoms with Crippen molar-refractivity contribution in [3.05, 3.63) is 131 Å². The van der Waals surface area contributed by atoms with E-state index in [1.807, 2.05) is 89.8 Å². The second kappa shape index (κ2) is 9.61. The molecule has 4 nitrogen and oxygen atoms in total. The standard InChI is InChI=1S/C29H26N2O2/c32-29-27-14-8-7-13-26(27)28(31(29)20-19-22-9-3-1-4-10-22)30-24-15-17-25(18-16-24)33-21-23-11-5-2-6-12-23/h1-18,28,30H,19-21H2. The van der Waals surface area contributed by atoms with Crippen LogP contribution in [0, 0.1) is 0 Å². The summed E-state index contributed by atoms with van der Waals surface area (Å²) in [6, 6.07) is 36.2. The summed E-state index contributed by atoms with van der Waals surface area (Å²) in [5, 5.41) is 3.56. The van der Waals surface area contributed by atoms with E-state index in [1.165, 1.54) is 5.56 Å². The predicted molar refractivity (Wildman–Crippen MR) is 131 cm³/mol. The van der Waals surface area contributed by atoms with Crippen LogP contribution in [-0.2, 0) is 13.0 Å². The minimum absolute atomic E-state index is 0.0712. The highest BCUT2D eigenvalue weighted by molar-refractivity contribution is 5.99. The van der Waals surface area contributed by atoms with Crippen molar-refractivity contribution in [3.8, 4) is 5.75 Å². The molecule has 164 valence electrons. The van der Waals surface area contributed by atoms with Crippen molar-refractivity contribution in [1.29, 1.82) is 0 Å². The quantitative estimate of drug-likeness (QED) is 0.366. The Morgan fingerprint density at radius 3 is 2.09 bits per heavy atom. The number of amides is 1. The molecule has 0 spiro atoms. The van der Waals surface area contributed by atoms with E-state index in [2.05, 4.69) is 29.6 Å². The molecular formula is C29H26N2O2. The Kier molecular flexibility index (Phi) is 6.07. The Hall–Kier alpha value is -4.05. The molecule has 4 aromatic rings. The second-order valence-corrected chi connectivity index (χ2v) is 8.17. The van der Waals surface area contributed by atoms with E-state index in [0.717, 1.165) is 34.5 Å². The SMILES string of the molecule is O=C1c2ccccc2C(Nc2ccc(OCc3ccccc3)cc2)N1CCc1ccccc1. The Morgan fingerprint density at radius 1 is 0.727 bits per heavy atom. The first-order chi connectivity index (χ1) is 16.3. The number of nitrogens with one attached hydrogen (secondary N) is 1. The Morgan fingerprint density at radius 2 is 1.36 bits per heavy atom. The van der Waals surface area contributed by atoms with Gasteiger partial charge in [0.1, 0.15) is 18.5 Å². The Bertz CT molecular complexity index is 1210. The van der Waals surface area contributed by atoms with E-state index in [-0.39, 0.29) is 12.1 Å². The Labute approximate surface area is 194 Å². The third-order valence-corrected chi connectivity index (χ3v) is 5.95. The van der Waals surface area contributed by atoms with Crippen molar-refractivity contribution in [2.75, 3.05) is 11.9 Å². The molecule has 1 aliphatic rings.